The SMILES string of the molecule is C#CC(CC)N1CCC(C)(CN)C1. The maximum absolute atomic E-state index is 5.74. The Labute approximate surface area is 81.5 Å². The van der Waals surface area contributed by atoms with Crippen molar-refractivity contribution in [2.75, 3.05) is 19.6 Å². The molecule has 0 amide bonds. The topological polar surface area (TPSA) is 29.3 Å². The molecule has 1 fully saturated rings. The molecule has 74 valence electrons. The summed E-state index contributed by atoms with van der Waals surface area (Å²) in [6.45, 7) is 7.33. The molecule has 1 aliphatic rings. The first-order chi connectivity index (χ1) is 6.15. The number of hydrogen-bond donors (Lipinski definition) is 1. The van der Waals surface area contributed by atoms with E-state index in [1.807, 2.05) is 0 Å². The van der Waals surface area contributed by atoms with Crippen LogP contribution in [0.2, 0.25) is 0 Å². The Morgan fingerprint density at radius 1 is 1.69 bits per heavy atom. The summed E-state index contributed by atoms with van der Waals surface area (Å²) in [6.07, 6.45) is 7.69. The molecule has 13 heavy (non-hydrogen) atoms. The summed E-state index contributed by atoms with van der Waals surface area (Å²) in [6, 6.07) is 0.313. The van der Waals surface area contributed by atoms with Gasteiger partial charge in [-0.3, -0.25) is 4.90 Å². The van der Waals surface area contributed by atoms with Gasteiger partial charge in [-0.1, -0.05) is 19.8 Å². The van der Waals surface area contributed by atoms with Gasteiger partial charge in [0.15, 0.2) is 0 Å². The quantitative estimate of drug-likeness (QED) is 0.658. The van der Waals surface area contributed by atoms with Crippen molar-refractivity contribution >= 4 is 0 Å². The van der Waals surface area contributed by atoms with Crippen molar-refractivity contribution in [3.63, 3.8) is 0 Å². The van der Waals surface area contributed by atoms with Crippen molar-refractivity contribution in [1.82, 2.24) is 4.90 Å². The lowest BCUT2D eigenvalue weighted by molar-refractivity contribution is 0.245. The normalized spacial score (nSPS) is 31.5. The van der Waals surface area contributed by atoms with Gasteiger partial charge in [-0.15, -0.1) is 6.42 Å². The molecular formula is C11H20N2. The van der Waals surface area contributed by atoms with Gasteiger partial charge in [0, 0.05) is 6.54 Å². The molecule has 0 aromatic rings. The lowest BCUT2D eigenvalue weighted by Gasteiger charge is -2.25. The summed E-state index contributed by atoms with van der Waals surface area (Å²) in [5, 5.41) is 0. The van der Waals surface area contributed by atoms with Crippen molar-refractivity contribution in [2.24, 2.45) is 11.1 Å². The Hall–Kier alpha value is -0.520. The molecule has 0 aliphatic carbocycles. The van der Waals surface area contributed by atoms with Crippen molar-refractivity contribution in [3.8, 4) is 12.3 Å². The van der Waals surface area contributed by atoms with E-state index in [4.69, 9.17) is 12.2 Å². The second kappa shape index (κ2) is 4.13. The Morgan fingerprint density at radius 3 is 2.77 bits per heavy atom. The first-order valence-corrected chi connectivity index (χ1v) is 5.05. The molecule has 2 nitrogen and oxygen atoms in total. The number of nitrogens with zero attached hydrogens (tertiary/aromatic N) is 1. The number of likely N-dealkylation sites (tertiary alicyclic amines) is 1. The third-order valence-electron chi connectivity index (χ3n) is 3.10. The van der Waals surface area contributed by atoms with Gasteiger partial charge >= 0.3 is 0 Å². The van der Waals surface area contributed by atoms with E-state index in [0.717, 1.165) is 26.1 Å². The van der Waals surface area contributed by atoms with Crippen molar-refractivity contribution in [3.05, 3.63) is 0 Å². The summed E-state index contributed by atoms with van der Waals surface area (Å²) < 4.78 is 0. The van der Waals surface area contributed by atoms with Crippen molar-refractivity contribution < 1.29 is 0 Å². The van der Waals surface area contributed by atoms with Crippen LogP contribution in [-0.4, -0.2) is 30.6 Å². The first kappa shape index (κ1) is 10.6. The summed E-state index contributed by atoms with van der Waals surface area (Å²) in [5.41, 5.74) is 6.03. The monoisotopic (exact) mass is 180 g/mol. The van der Waals surface area contributed by atoms with Gasteiger partial charge in [-0.05, 0) is 31.3 Å². The van der Waals surface area contributed by atoms with Crippen molar-refractivity contribution in [1.29, 1.82) is 0 Å². The van der Waals surface area contributed by atoms with Crippen LogP contribution in [-0.2, 0) is 0 Å². The highest BCUT2D eigenvalue weighted by molar-refractivity contribution is 5.02. The third-order valence-corrected chi connectivity index (χ3v) is 3.10. The van der Waals surface area contributed by atoms with E-state index in [2.05, 4.69) is 24.7 Å². The van der Waals surface area contributed by atoms with E-state index < -0.39 is 0 Å². The molecular weight excluding hydrogens is 160 g/mol. The molecule has 0 radical (unpaired) electrons. The Bertz CT molecular complexity index is 207. The number of hydrogen-bond acceptors (Lipinski definition) is 2. The molecule has 2 unspecified atom stereocenters. The Kier molecular flexibility index (Phi) is 3.35. The zero-order chi connectivity index (χ0) is 9.90. The average molecular weight is 180 g/mol. The van der Waals surface area contributed by atoms with Crippen LogP contribution in [0.25, 0.3) is 0 Å². The lowest BCUT2D eigenvalue weighted by atomic mass is 9.90. The molecule has 1 saturated heterocycles. The summed E-state index contributed by atoms with van der Waals surface area (Å²) >= 11 is 0. The predicted octanol–water partition coefficient (Wildman–Crippen LogP) is 1.07. The van der Waals surface area contributed by atoms with E-state index in [1.165, 1.54) is 6.42 Å². The molecule has 1 aliphatic heterocycles. The van der Waals surface area contributed by atoms with Gasteiger partial charge in [0.2, 0.25) is 0 Å². The minimum atomic E-state index is 0.296. The molecule has 1 heterocycles. The van der Waals surface area contributed by atoms with Crippen LogP contribution in [0.1, 0.15) is 26.7 Å². The fourth-order valence-corrected chi connectivity index (χ4v) is 1.98. The van der Waals surface area contributed by atoms with Gasteiger partial charge in [-0.2, -0.15) is 0 Å². The van der Waals surface area contributed by atoms with Crippen LogP contribution >= 0.6 is 0 Å². The van der Waals surface area contributed by atoms with Gasteiger partial charge < -0.3 is 5.73 Å². The third kappa shape index (κ3) is 2.24. The highest BCUT2D eigenvalue weighted by Gasteiger charge is 2.34. The van der Waals surface area contributed by atoms with E-state index in [1.54, 1.807) is 0 Å². The fourth-order valence-electron chi connectivity index (χ4n) is 1.98. The van der Waals surface area contributed by atoms with E-state index in [-0.39, 0.29) is 0 Å². The second-order valence-electron chi connectivity index (χ2n) is 4.33. The smallest absolute Gasteiger partial charge is 0.0709 e. The lowest BCUT2D eigenvalue weighted by Crippen LogP contribution is -2.36. The Balaban J connectivity index is 2.54. The highest BCUT2D eigenvalue weighted by atomic mass is 15.2. The zero-order valence-electron chi connectivity index (χ0n) is 8.71. The maximum Gasteiger partial charge on any atom is 0.0709 e. The van der Waals surface area contributed by atoms with Crippen LogP contribution in [0.5, 0.6) is 0 Å². The summed E-state index contributed by atoms with van der Waals surface area (Å²) in [5.74, 6) is 2.84. The van der Waals surface area contributed by atoms with Gasteiger partial charge in [-0.25, -0.2) is 0 Å². The minimum Gasteiger partial charge on any atom is -0.330 e. The van der Waals surface area contributed by atoms with Crippen LogP contribution < -0.4 is 5.73 Å². The molecule has 1 rings (SSSR count). The molecule has 0 aromatic heterocycles. The average Bonchev–Trinajstić information content (AvgIpc) is 2.52. The van der Waals surface area contributed by atoms with Gasteiger partial charge in [0.05, 0.1) is 6.04 Å². The highest BCUT2D eigenvalue weighted by Crippen LogP contribution is 2.30. The summed E-state index contributed by atoms with van der Waals surface area (Å²) in [4.78, 5) is 2.38. The maximum atomic E-state index is 5.74. The van der Waals surface area contributed by atoms with Crippen LogP contribution in [0.15, 0.2) is 0 Å². The van der Waals surface area contributed by atoms with Gasteiger partial charge in [0.1, 0.15) is 0 Å². The molecule has 0 aromatic carbocycles. The number of nitrogens with two attached hydrogens (primary N) is 1. The zero-order valence-corrected chi connectivity index (χ0v) is 8.71. The molecule has 0 saturated carbocycles. The van der Waals surface area contributed by atoms with E-state index >= 15 is 0 Å². The fraction of sp³-hybridized carbons (Fsp3) is 0.818. The van der Waals surface area contributed by atoms with Crippen LogP contribution in [0.4, 0.5) is 0 Å². The Morgan fingerprint density at radius 2 is 2.38 bits per heavy atom. The molecule has 2 atom stereocenters. The summed E-state index contributed by atoms with van der Waals surface area (Å²) in [7, 11) is 0. The van der Waals surface area contributed by atoms with E-state index in [0.29, 0.717) is 11.5 Å². The first-order valence-electron chi connectivity index (χ1n) is 5.05. The van der Waals surface area contributed by atoms with Gasteiger partial charge in [0.25, 0.3) is 0 Å². The standard InChI is InChI=1S/C11H20N2/c1-4-10(5-2)13-7-6-11(3,8-12)9-13/h1,10H,5-9,12H2,2-3H3. The second-order valence-corrected chi connectivity index (χ2v) is 4.33. The van der Waals surface area contributed by atoms with Crippen LogP contribution in [0, 0.1) is 17.8 Å². The predicted molar refractivity (Wildman–Crippen MR) is 56.3 cm³/mol. The van der Waals surface area contributed by atoms with E-state index in [9.17, 15) is 0 Å². The van der Waals surface area contributed by atoms with Crippen LogP contribution in [0.3, 0.4) is 0 Å². The minimum absolute atomic E-state index is 0.296. The molecule has 0 spiro atoms. The largest absolute Gasteiger partial charge is 0.330 e. The number of terminal acetylenes is 1. The molecule has 2 N–H and O–H groups in total. The molecule has 2 heteroatoms. The molecule has 0 bridgehead atoms. The number of rotatable bonds is 3. The van der Waals surface area contributed by atoms with Crippen molar-refractivity contribution in [2.45, 2.75) is 32.7 Å².